The number of rotatable bonds is 1. The molecular formula is C9H11N3. The van der Waals surface area contributed by atoms with Crippen LogP contribution in [0.25, 0.3) is 16.5 Å². The molecule has 1 N–H and O–H groups in total. The molecule has 2 rings (SSSR count). The first-order chi connectivity index (χ1) is 5.79. The van der Waals surface area contributed by atoms with Gasteiger partial charge in [-0.25, -0.2) is 0 Å². The Kier molecular flexibility index (Phi) is 1.43. The molecule has 62 valence electrons. The lowest BCUT2D eigenvalue weighted by Crippen LogP contribution is -1.81. The van der Waals surface area contributed by atoms with E-state index in [9.17, 15) is 0 Å². The molecule has 0 amide bonds. The van der Waals surface area contributed by atoms with Gasteiger partial charge in [0.2, 0.25) is 0 Å². The van der Waals surface area contributed by atoms with Crippen molar-refractivity contribution in [2.24, 2.45) is 0 Å². The first-order valence-corrected chi connectivity index (χ1v) is 3.72. The van der Waals surface area contributed by atoms with Gasteiger partial charge in [-0.1, -0.05) is 6.58 Å². The number of H-pyrrole nitrogens is 1. The van der Waals surface area contributed by atoms with E-state index in [1.165, 1.54) is 0 Å². The molecule has 2 aromatic heterocycles. The van der Waals surface area contributed by atoms with Crippen LogP contribution in [0.3, 0.4) is 0 Å². The molecule has 0 aliphatic carbocycles. The van der Waals surface area contributed by atoms with Gasteiger partial charge in [-0.3, -0.25) is 10.1 Å². The van der Waals surface area contributed by atoms with Gasteiger partial charge in [0, 0.05) is 18.6 Å². The molecule has 0 fully saturated rings. The Bertz CT molecular complexity index is 433. The van der Waals surface area contributed by atoms with E-state index in [2.05, 4.69) is 21.8 Å². The van der Waals surface area contributed by atoms with E-state index in [1.807, 2.05) is 6.92 Å². The van der Waals surface area contributed by atoms with E-state index in [1.54, 1.807) is 18.6 Å². The topological polar surface area (TPSA) is 41.6 Å². The summed E-state index contributed by atoms with van der Waals surface area (Å²) in [7, 11) is 0. The average Bonchev–Trinajstić information content (AvgIpc) is 2.49. The predicted octanol–water partition coefficient (Wildman–Crippen LogP) is 2.24. The van der Waals surface area contributed by atoms with Crippen molar-refractivity contribution < 1.29 is 1.43 Å². The Labute approximate surface area is 71.6 Å². The third-order valence-corrected chi connectivity index (χ3v) is 1.83. The maximum atomic E-state index is 4.07. The first-order valence-electron chi connectivity index (χ1n) is 3.72. The number of hydrogen-bond donors (Lipinski definition) is 1. The van der Waals surface area contributed by atoms with Gasteiger partial charge in [-0.2, -0.15) is 5.10 Å². The Morgan fingerprint density at radius 3 is 3.08 bits per heavy atom. The van der Waals surface area contributed by atoms with Crippen LogP contribution >= 0.6 is 0 Å². The monoisotopic (exact) mass is 161 g/mol. The largest absolute Gasteiger partial charge is 0.276 e. The average molecular weight is 161 g/mol. The van der Waals surface area contributed by atoms with Crippen LogP contribution in [0.1, 0.15) is 13.9 Å². The van der Waals surface area contributed by atoms with E-state index >= 15 is 0 Å². The summed E-state index contributed by atoms with van der Waals surface area (Å²) in [6.07, 6.45) is 5.36. The van der Waals surface area contributed by atoms with Crippen molar-refractivity contribution in [3.05, 3.63) is 30.7 Å². The minimum absolute atomic E-state index is 0. The third-order valence-electron chi connectivity index (χ3n) is 1.83. The van der Waals surface area contributed by atoms with Crippen LogP contribution in [-0.2, 0) is 0 Å². The fourth-order valence-corrected chi connectivity index (χ4v) is 1.21. The van der Waals surface area contributed by atoms with Crippen LogP contribution in [0.2, 0.25) is 0 Å². The molecule has 2 aromatic rings. The summed E-state index contributed by atoms with van der Waals surface area (Å²) in [5, 5.41) is 7.88. The highest BCUT2D eigenvalue weighted by atomic mass is 15.1. The summed E-state index contributed by atoms with van der Waals surface area (Å²) in [4.78, 5) is 4.07. The Morgan fingerprint density at radius 1 is 1.50 bits per heavy atom. The molecule has 3 nitrogen and oxygen atoms in total. The summed E-state index contributed by atoms with van der Waals surface area (Å²) in [5.41, 5.74) is 3.02. The molecule has 12 heavy (non-hydrogen) atoms. The summed E-state index contributed by atoms with van der Waals surface area (Å²) >= 11 is 0. The van der Waals surface area contributed by atoms with Crippen LogP contribution < -0.4 is 0 Å². The molecule has 0 radical (unpaired) electrons. The SMILES string of the molecule is C=C(C)c1cncc2[nH]ncc12.[HH]. The standard InChI is InChI=1S/C9H9N3.H2/c1-6(2)7-3-10-5-9-8(7)4-11-12-9;/h3-5H,1H2,2H3,(H,11,12);1H. The van der Waals surface area contributed by atoms with E-state index in [-0.39, 0.29) is 1.43 Å². The van der Waals surface area contributed by atoms with Gasteiger partial charge >= 0.3 is 0 Å². The van der Waals surface area contributed by atoms with Crippen LogP contribution in [0.15, 0.2) is 25.2 Å². The molecular weight excluding hydrogens is 150 g/mol. The van der Waals surface area contributed by atoms with Crippen molar-refractivity contribution in [1.82, 2.24) is 15.2 Å². The molecule has 0 unspecified atom stereocenters. The van der Waals surface area contributed by atoms with Crippen LogP contribution in [0.5, 0.6) is 0 Å². The van der Waals surface area contributed by atoms with Crippen molar-refractivity contribution in [3.8, 4) is 0 Å². The number of pyridine rings is 1. The quantitative estimate of drug-likeness (QED) is 0.696. The second kappa shape index (κ2) is 2.44. The highest BCUT2D eigenvalue weighted by Crippen LogP contribution is 2.20. The molecule has 3 heteroatoms. The molecule has 0 aliphatic rings. The van der Waals surface area contributed by atoms with Crippen molar-refractivity contribution in [2.75, 3.05) is 0 Å². The summed E-state index contributed by atoms with van der Waals surface area (Å²) in [5.74, 6) is 0. The molecule has 0 bridgehead atoms. The van der Waals surface area contributed by atoms with Crippen molar-refractivity contribution in [2.45, 2.75) is 6.92 Å². The van der Waals surface area contributed by atoms with Crippen LogP contribution in [0, 0.1) is 0 Å². The van der Waals surface area contributed by atoms with Gasteiger partial charge in [0.25, 0.3) is 0 Å². The second-order valence-electron chi connectivity index (χ2n) is 2.80. The van der Waals surface area contributed by atoms with Crippen molar-refractivity contribution in [3.63, 3.8) is 0 Å². The Hall–Kier alpha value is -1.64. The summed E-state index contributed by atoms with van der Waals surface area (Å²) < 4.78 is 0. The van der Waals surface area contributed by atoms with E-state index in [0.29, 0.717) is 0 Å². The van der Waals surface area contributed by atoms with E-state index in [4.69, 9.17) is 0 Å². The van der Waals surface area contributed by atoms with Crippen LogP contribution in [-0.4, -0.2) is 15.2 Å². The molecule has 0 saturated carbocycles. The first kappa shape index (κ1) is 7.03. The zero-order valence-electron chi connectivity index (χ0n) is 6.83. The molecule has 0 saturated heterocycles. The molecule has 0 spiro atoms. The number of nitrogens with zero attached hydrogens (tertiary/aromatic N) is 2. The minimum atomic E-state index is 0. The van der Waals surface area contributed by atoms with Gasteiger partial charge < -0.3 is 0 Å². The summed E-state index contributed by atoms with van der Waals surface area (Å²) in [6, 6.07) is 0. The highest BCUT2D eigenvalue weighted by molar-refractivity contribution is 5.89. The lowest BCUT2D eigenvalue weighted by atomic mass is 10.1. The van der Waals surface area contributed by atoms with E-state index in [0.717, 1.165) is 22.0 Å². The third kappa shape index (κ3) is 0.906. The number of aromatic amines is 1. The molecule has 0 aliphatic heterocycles. The zero-order valence-corrected chi connectivity index (χ0v) is 6.83. The Morgan fingerprint density at radius 2 is 2.33 bits per heavy atom. The predicted molar refractivity (Wildman–Crippen MR) is 50.7 cm³/mol. The number of hydrogen-bond acceptors (Lipinski definition) is 2. The molecule has 0 aromatic carbocycles. The minimum Gasteiger partial charge on any atom is -0.276 e. The lowest BCUT2D eigenvalue weighted by molar-refractivity contribution is 1.11. The Balaban J connectivity index is 0.000000845. The van der Waals surface area contributed by atoms with Gasteiger partial charge in [-0.15, -0.1) is 0 Å². The van der Waals surface area contributed by atoms with Gasteiger partial charge in [0.05, 0.1) is 17.9 Å². The number of allylic oxidation sites excluding steroid dienone is 1. The van der Waals surface area contributed by atoms with E-state index < -0.39 is 0 Å². The fraction of sp³-hybridized carbons (Fsp3) is 0.111. The fourth-order valence-electron chi connectivity index (χ4n) is 1.21. The zero-order chi connectivity index (χ0) is 8.55. The second-order valence-corrected chi connectivity index (χ2v) is 2.80. The molecule has 0 atom stereocenters. The van der Waals surface area contributed by atoms with Crippen LogP contribution in [0.4, 0.5) is 0 Å². The number of fused-ring (bicyclic) bond motifs is 1. The van der Waals surface area contributed by atoms with Gasteiger partial charge in [0.1, 0.15) is 0 Å². The van der Waals surface area contributed by atoms with Gasteiger partial charge in [0.15, 0.2) is 0 Å². The molecule has 2 heterocycles. The number of aromatic nitrogens is 3. The van der Waals surface area contributed by atoms with Crippen molar-refractivity contribution >= 4 is 16.5 Å². The smallest absolute Gasteiger partial charge is 0.0839 e. The maximum Gasteiger partial charge on any atom is 0.0839 e. The van der Waals surface area contributed by atoms with Gasteiger partial charge in [-0.05, 0) is 12.5 Å². The highest BCUT2D eigenvalue weighted by Gasteiger charge is 2.02. The number of nitrogens with one attached hydrogen (secondary N) is 1. The maximum absolute atomic E-state index is 4.07. The van der Waals surface area contributed by atoms with Crippen molar-refractivity contribution in [1.29, 1.82) is 0 Å². The lowest BCUT2D eigenvalue weighted by Gasteiger charge is -1.98. The summed E-state index contributed by atoms with van der Waals surface area (Å²) in [6.45, 7) is 5.84. The normalized spacial score (nSPS) is 10.4.